The third-order valence-electron chi connectivity index (χ3n) is 6.77. The first-order valence-corrected chi connectivity index (χ1v) is 13.8. The fraction of sp³-hybridized carbons (Fsp3) is 0.320. The number of fused-ring (bicyclic) bond motifs is 1. The first-order valence-electron chi connectivity index (χ1n) is 12.2. The van der Waals surface area contributed by atoms with Crippen molar-refractivity contribution in [3.05, 3.63) is 70.2 Å². The summed E-state index contributed by atoms with van der Waals surface area (Å²) in [6.07, 6.45) is 3.99. The third kappa shape index (κ3) is 4.37. The number of morpholine rings is 1. The molecular weight excluding hydrogens is 515 g/mol. The van der Waals surface area contributed by atoms with E-state index in [1.54, 1.807) is 30.6 Å². The van der Waals surface area contributed by atoms with Crippen LogP contribution in [0.5, 0.6) is 5.75 Å². The van der Waals surface area contributed by atoms with Gasteiger partial charge in [0.2, 0.25) is 15.8 Å². The minimum Gasteiger partial charge on any atom is -0.501 e. The highest BCUT2D eigenvalue weighted by atomic mass is 32.2. The van der Waals surface area contributed by atoms with Gasteiger partial charge in [0.25, 0.3) is 0 Å². The quantitative estimate of drug-likeness (QED) is 0.392. The number of imidazole rings is 1. The van der Waals surface area contributed by atoms with Gasteiger partial charge in [0.1, 0.15) is 5.82 Å². The van der Waals surface area contributed by atoms with Crippen molar-refractivity contribution >= 4 is 27.0 Å². The number of ether oxygens (including phenoxy) is 1. The van der Waals surface area contributed by atoms with Crippen molar-refractivity contribution in [3.63, 3.8) is 0 Å². The topological polar surface area (TPSA) is 133 Å². The molecule has 2 aliphatic rings. The van der Waals surface area contributed by atoms with E-state index in [0.29, 0.717) is 50.5 Å². The van der Waals surface area contributed by atoms with Gasteiger partial charge in [-0.15, -0.1) is 0 Å². The molecule has 0 radical (unpaired) electrons. The van der Waals surface area contributed by atoms with Gasteiger partial charge in [-0.3, -0.25) is 13.5 Å². The van der Waals surface area contributed by atoms with E-state index < -0.39 is 21.3 Å². The molecule has 0 bridgehead atoms. The molecule has 38 heavy (non-hydrogen) atoms. The number of halogens is 1. The predicted octanol–water partition coefficient (Wildman–Crippen LogP) is 1.90. The van der Waals surface area contributed by atoms with Crippen LogP contribution in [-0.4, -0.2) is 71.5 Å². The Bertz CT molecular complexity index is 1680. The maximum absolute atomic E-state index is 13.4. The Labute approximate surface area is 217 Å². The van der Waals surface area contributed by atoms with Gasteiger partial charge in [0.05, 0.1) is 30.3 Å². The van der Waals surface area contributed by atoms with Crippen molar-refractivity contribution in [3.8, 4) is 17.3 Å². The molecule has 2 aliphatic heterocycles. The highest BCUT2D eigenvalue weighted by Gasteiger charge is 2.32. The summed E-state index contributed by atoms with van der Waals surface area (Å²) >= 11 is 0. The lowest BCUT2D eigenvalue weighted by molar-refractivity contribution is 0.122. The molecule has 0 aliphatic carbocycles. The monoisotopic (exact) mass is 540 g/mol. The third-order valence-corrected chi connectivity index (χ3v) is 8.63. The highest BCUT2D eigenvalue weighted by Crippen LogP contribution is 2.33. The first kappa shape index (κ1) is 24.4. The SMILES string of the molecule is O=c1c(O)c(-c2ncc(Cc3ccc(F)cc3)[nH]2)nc2c(N3CCCS3(=O)=O)cc(N3CCOCC3)cn12. The predicted molar refractivity (Wildman–Crippen MR) is 139 cm³/mol. The zero-order valence-corrected chi connectivity index (χ0v) is 21.1. The zero-order chi connectivity index (χ0) is 26.4. The molecule has 0 atom stereocenters. The van der Waals surface area contributed by atoms with Crippen LogP contribution in [0.2, 0.25) is 0 Å². The second-order valence-corrected chi connectivity index (χ2v) is 11.3. The maximum atomic E-state index is 13.4. The average Bonchev–Trinajstić information content (AvgIpc) is 3.53. The van der Waals surface area contributed by atoms with E-state index in [1.807, 2.05) is 4.90 Å². The van der Waals surface area contributed by atoms with Crippen LogP contribution in [0.1, 0.15) is 17.7 Å². The number of hydrogen-bond donors (Lipinski definition) is 2. The summed E-state index contributed by atoms with van der Waals surface area (Å²) in [7, 11) is -3.59. The number of aromatic amines is 1. The van der Waals surface area contributed by atoms with Crippen molar-refractivity contribution < 1.29 is 22.7 Å². The van der Waals surface area contributed by atoms with Gasteiger partial charge in [-0.1, -0.05) is 12.1 Å². The number of H-pyrrole nitrogens is 1. The minimum atomic E-state index is -3.59. The smallest absolute Gasteiger partial charge is 0.300 e. The molecule has 2 fully saturated rings. The number of pyridine rings is 1. The fourth-order valence-electron chi connectivity index (χ4n) is 4.84. The molecule has 13 heteroatoms. The summed E-state index contributed by atoms with van der Waals surface area (Å²) in [4.78, 5) is 27.3. The molecule has 6 rings (SSSR count). The number of rotatable bonds is 5. The Hall–Kier alpha value is -3.97. The molecule has 3 aromatic heterocycles. The number of anilines is 2. The van der Waals surface area contributed by atoms with Crippen LogP contribution in [0.4, 0.5) is 15.8 Å². The number of aromatic nitrogens is 4. The zero-order valence-electron chi connectivity index (χ0n) is 20.3. The van der Waals surface area contributed by atoms with E-state index in [-0.39, 0.29) is 41.0 Å². The minimum absolute atomic E-state index is 0.00104. The van der Waals surface area contributed by atoms with Gasteiger partial charge in [0.15, 0.2) is 17.2 Å². The van der Waals surface area contributed by atoms with E-state index in [9.17, 15) is 22.7 Å². The normalized spacial score (nSPS) is 17.4. The molecule has 2 saturated heterocycles. The van der Waals surface area contributed by atoms with Gasteiger partial charge >= 0.3 is 5.56 Å². The number of aromatic hydroxyl groups is 1. The van der Waals surface area contributed by atoms with E-state index in [2.05, 4.69) is 15.0 Å². The Morgan fingerprint density at radius 2 is 1.89 bits per heavy atom. The largest absolute Gasteiger partial charge is 0.501 e. The highest BCUT2D eigenvalue weighted by molar-refractivity contribution is 7.93. The molecule has 198 valence electrons. The average molecular weight is 541 g/mol. The Kier molecular flexibility index (Phi) is 6.03. The summed E-state index contributed by atoms with van der Waals surface area (Å²) in [5, 5.41) is 10.9. The number of benzene rings is 1. The van der Waals surface area contributed by atoms with Crippen LogP contribution in [0.25, 0.3) is 17.2 Å². The van der Waals surface area contributed by atoms with Crippen LogP contribution >= 0.6 is 0 Å². The molecule has 0 saturated carbocycles. The van der Waals surface area contributed by atoms with Crippen LogP contribution in [0.15, 0.2) is 47.5 Å². The van der Waals surface area contributed by atoms with Crippen molar-refractivity contribution in [2.24, 2.45) is 0 Å². The lowest BCUT2D eigenvalue weighted by Crippen LogP contribution is -2.37. The molecule has 0 amide bonds. The van der Waals surface area contributed by atoms with Crippen molar-refractivity contribution in [1.29, 1.82) is 0 Å². The van der Waals surface area contributed by atoms with Gasteiger partial charge in [0, 0.05) is 44.1 Å². The number of sulfonamides is 1. The number of nitrogens with zero attached hydrogens (tertiary/aromatic N) is 5. The van der Waals surface area contributed by atoms with E-state index >= 15 is 0 Å². The molecule has 5 heterocycles. The van der Waals surface area contributed by atoms with E-state index in [0.717, 1.165) is 5.56 Å². The fourth-order valence-corrected chi connectivity index (χ4v) is 6.40. The summed E-state index contributed by atoms with van der Waals surface area (Å²) in [5.74, 6) is -0.787. The van der Waals surface area contributed by atoms with Crippen LogP contribution in [0.3, 0.4) is 0 Å². The lowest BCUT2D eigenvalue weighted by atomic mass is 10.1. The lowest BCUT2D eigenvalue weighted by Gasteiger charge is -2.30. The van der Waals surface area contributed by atoms with Gasteiger partial charge < -0.3 is 19.7 Å². The molecule has 0 unspecified atom stereocenters. The second kappa shape index (κ2) is 9.40. The first-order chi connectivity index (χ1) is 18.3. The molecular formula is C25H25FN6O5S. The molecule has 4 aromatic rings. The molecule has 0 spiro atoms. The number of nitrogens with one attached hydrogen (secondary N) is 1. The molecule has 11 nitrogen and oxygen atoms in total. The van der Waals surface area contributed by atoms with E-state index in [1.165, 1.54) is 20.8 Å². The maximum Gasteiger partial charge on any atom is 0.300 e. The van der Waals surface area contributed by atoms with Crippen LogP contribution < -0.4 is 14.8 Å². The van der Waals surface area contributed by atoms with Gasteiger partial charge in [-0.25, -0.2) is 22.8 Å². The Morgan fingerprint density at radius 3 is 2.61 bits per heavy atom. The van der Waals surface area contributed by atoms with Crippen molar-refractivity contribution in [2.45, 2.75) is 12.8 Å². The van der Waals surface area contributed by atoms with Crippen LogP contribution in [0, 0.1) is 5.82 Å². The summed E-state index contributed by atoms with van der Waals surface area (Å²) in [6.45, 7) is 2.43. The summed E-state index contributed by atoms with van der Waals surface area (Å²) in [6, 6.07) is 7.76. The van der Waals surface area contributed by atoms with Crippen molar-refractivity contribution in [2.75, 3.05) is 47.8 Å². The Balaban J connectivity index is 1.48. The van der Waals surface area contributed by atoms with E-state index in [4.69, 9.17) is 4.74 Å². The standard InChI is InChI=1S/C25H25FN6O5S/c26-17-4-2-16(3-5-17)12-18-14-27-23(28-18)21-22(33)25(34)31-15-19(30-7-9-37-10-8-30)13-20(24(31)29-21)32-6-1-11-38(32,35)36/h2-5,13-15,33H,1,6-12H2,(H,27,28). The second-order valence-electron chi connectivity index (χ2n) is 9.29. The summed E-state index contributed by atoms with van der Waals surface area (Å²) in [5.41, 5.74) is 1.68. The Morgan fingerprint density at radius 1 is 1.13 bits per heavy atom. The van der Waals surface area contributed by atoms with Crippen LogP contribution in [-0.2, 0) is 21.2 Å². The molecule has 2 N–H and O–H groups in total. The van der Waals surface area contributed by atoms with Gasteiger partial charge in [-0.05, 0) is 30.2 Å². The van der Waals surface area contributed by atoms with Crippen molar-refractivity contribution in [1.82, 2.24) is 19.4 Å². The number of hydrogen-bond acceptors (Lipinski definition) is 8. The van der Waals surface area contributed by atoms with Gasteiger partial charge in [-0.2, -0.15) is 0 Å². The summed E-state index contributed by atoms with van der Waals surface area (Å²) < 4.78 is 46.9. The molecule has 1 aromatic carbocycles.